The van der Waals surface area contributed by atoms with Crippen molar-refractivity contribution in [2.24, 2.45) is 5.92 Å². The molecule has 24 heavy (non-hydrogen) atoms. The number of halogens is 1. The number of amides is 1. The summed E-state index contributed by atoms with van der Waals surface area (Å²) in [6.45, 7) is 6.50. The van der Waals surface area contributed by atoms with Crippen molar-refractivity contribution in [3.63, 3.8) is 0 Å². The van der Waals surface area contributed by atoms with Crippen molar-refractivity contribution >= 4 is 5.91 Å². The molecule has 4 nitrogen and oxygen atoms in total. The summed E-state index contributed by atoms with van der Waals surface area (Å²) < 4.78 is 18.3. The van der Waals surface area contributed by atoms with Crippen LogP contribution in [0.4, 0.5) is 4.39 Å². The van der Waals surface area contributed by atoms with Crippen molar-refractivity contribution in [1.29, 1.82) is 0 Å². The van der Waals surface area contributed by atoms with Crippen molar-refractivity contribution < 1.29 is 13.9 Å². The number of benzene rings is 1. The average Bonchev–Trinajstić information content (AvgIpc) is 2.62. The molecule has 1 aromatic rings. The van der Waals surface area contributed by atoms with E-state index >= 15 is 0 Å². The van der Waals surface area contributed by atoms with Crippen LogP contribution in [-0.4, -0.2) is 61.6 Å². The molecule has 2 saturated heterocycles. The highest BCUT2D eigenvalue weighted by atomic mass is 19.1. The van der Waals surface area contributed by atoms with Gasteiger partial charge >= 0.3 is 0 Å². The fraction of sp³-hybridized carbons (Fsp3) is 0.632. The second-order valence-corrected chi connectivity index (χ2v) is 6.89. The molecule has 0 saturated carbocycles. The number of hydrogen-bond donors (Lipinski definition) is 0. The van der Waals surface area contributed by atoms with E-state index in [2.05, 4.69) is 4.90 Å². The number of ether oxygens (including phenoxy) is 1. The first kappa shape index (κ1) is 17.4. The summed E-state index contributed by atoms with van der Waals surface area (Å²) in [6.07, 6.45) is 3.50. The monoisotopic (exact) mass is 334 g/mol. The van der Waals surface area contributed by atoms with Gasteiger partial charge in [-0.25, -0.2) is 4.39 Å². The summed E-state index contributed by atoms with van der Waals surface area (Å²) in [4.78, 5) is 17.0. The van der Waals surface area contributed by atoms with Gasteiger partial charge in [0.05, 0.1) is 13.2 Å². The number of carbonyl (C=O) groups excluding carboxylic acids is 1. The van der Waals surface area contributed by atoms with Crippen LogP contribution in [-0.2, 0) is 16.0 Å². The third-order valence-electron chi connectivity index (χ3n) is 5.03. The highest BCUT2D eigenvalue weighted by Crippen LogP contribution is 2.19. The second-order valence-electron chi connectivity index (χ2n) is 6.89. The van der Waals surface area contributed by atoms with Crippen LogP contribution in [0.15, 0.2) is 24.3 Å². The maximum atomic E-state index is 12.9. The minimum absolute atomic E-state index is 0.228. The molecule has 0 N–H and O–H groups in total. The minimum atomic E-state index is -0.230. The van der Waals surface area contributed by atoms with Gasteiger partial charge in [0.15, 0.2) is 0 Å². The highest BCUT2D eigenvalue weighted by Gasteiger charge is 2.25. The van der Waals surface area contributed by atoms with Crippen LogP contribution in [0.2, 0.25) is 0 Å². The summed E-state index contributed by atoms with van der Waals surface area (Å²) in [5, 5.41) is 0. The van der Waals surface area contributed by atoms with Crippen LogP contribution >= 0.6 is 0 Å². The standard InChI is InChI=1S/C19H27FN2O2/c20-18-6-3-16(4-7-18)5-8-19(23)22-9-1-2-17(15-22)14-21-10-12-24-13-11-21/h3-4,6-7,17H,1-2,5,8-15H2. The number of nitrogens with zero attached hydrogens (tertiary/aromatic N) is 2. The lowest BCUT2D eigenvalue weighted by Gasteiger charge is -2.36. The molecule has 132 valence electrons. The number of likely N-dealkylation sites (tertiary alicyclic amines) is 1. The van der Waals surface area contributed by atoms with E-state index in [0.29, 0.717) is 18.8 Å². The van der Waals surface area contributed by atoms with Crippen molar-refractivity contribution in [3.8, 4) is 0 Å². The first-order valence-electron chi connectivity index (χ1n) is 9.03. The van der Waals surface area contributed by atoms with Crippen LogP contribution in [0, 0.1) is 11.7 Å². The van der Waals surface area contributed by atoms with Gasteiger partial charge < -0.3 is 9.64 Å². The highest BCUT2D eigenvalue weighted by molar-refractivity contribution is 5.76. The number of piperidine rings is 1. The summed E-state index contributed by atoms with van der Waals surface area (Å²) >= 11 is 0. The summed E-state index contributed by atoms with van der Waals surface area (Å²) in [6, 6.07) is 6.44. The Balaban J connectivity index is 1.44. The lowest BCUT2D eigenvalue weighted by atomic mass is 9.96. The number of carbonyl (C=O) groups is 1. The predicted molar refractivity (Wildman–Crippen MR) is 91.3 cm³/mol. The molecule has 3 rings (SSSR count). The van der Waals surface area contributed by atoms with Gasteiger partial charge in [-0.2, -0.15) is 0 Å². The molecular weight excluding hydrogens is 307 g/mol. The first-order valence-corrected chi connectivity index (χ1v) is 9.03. The zero-order valence-electron chi connectivity index (χ0n) is 14.3. The lowest BCUT2D eigenvalue weighted by molar-refractivity contribution is -0.133. The molecule has 1 aromatic carbocycles. The Kier molecular flexibility index (Phi) is 6.21. The summed E-state index contributed by atoms with van der Waals surface area (Å²) in [5.74, 6) is 0.574. The molecular formula is C19H27FN2O2. The molecule has 0 radical (unpaired) electrons. The van der Waals surface area contributed by atoms with Crippen molar-refractivity contribution in [1.82, 2.24) is 9.80 Å². The molecule has 2 heterocycles. The van der Waals surface area contributed by atoms with Crippen LogP contribution < -0.4 is 0 Å². The maximum Gasteiger partial charge on any atom is 0.222 e. The topological polar surface area (TPSA) is 32.8 Å². The van der Waals surface area contributed by atoms with Gasteiger partial charge in [0, 0.05) is 39.1 Å². The van der Waals surface area contributed by atoms with E-state index in [1.165, 1.54) is 18.6 Å². The third kappa shape index (κ3) is 5.02. The number of hydrogen-bond acceptors (Lipinski definition) is 3. The molecule has 1 unspecified atom stereocenters. The Hall–Kier alpha value is -1.46. The molecule has 2 fully saturated rings. The third-order valence-corrected chi connectivity index (χ3v) is 5.03. The fourth-order valence-electron chi connectivity index (χ4n) is 3.65. The molecule has 0 aromatic heterocycles. The van der Waals surface area contributed by atoms with Crippen molar-refractivity contribution in [2.75, 3.05) is 45.9 Å². The molecule has 2 aliphatic rings. The zero-order valence-corrected chi connectivity index (χ0v) is 14.3. The van der Waals surface area contributed by atoms with E-state index in [1.54, 1.807) is 12.1 Å². The molecule has 1 amide bonds. The molecule has 5 heteroatoms. The largest absolute Gasteiger partial charge is 0.379 e. The summed E-state index contributed by atoms with van der Waals surface area (Å²) in [5.41, 5.74) is 1.02. The van der Waals surface area contributed by atoms with Gasteiger partial charge in [-0.05, 0) is 42.9 Å². The maximum absolute atomic E-state index is 12.9. The van der Waals surface area contributed by atoms with E-state index in [1.807, 2.05) is 4.90 Å². The lowest BCUT2D eigenvalue weighted by Crippen LogP contribution is -2.46. The van der Waals surface area contributed by atoms with E-state index in [9.17, 15) is 9.18 Å². The van der Waals surface area contributed by atoms with Gasteiger partial charge in [0.2, 0.25) is 5.91 Å². The Labute approximate surface area is 143 Å². The van der Waals surface area contributed by atoms with E-state index in [4.69, 9.17) is 4.74 Å². The predicted octanol–water partition coefficient (Wildman–Crippen LogP) is 2.33. The fourth-order valence-corrected chi connectivity index (χ4v) is 3.65. The van der Waals surface area contributed by atoms with Crippen LogP contribution in [0.1, 0.15) is 24.8 Å². The molecule has 0 aliphatic carbocycles. The average molecular weight is 334 g/mol. The Morgan fingerprint density at radius 2 is 1.92 bits per heavy atom. The van der Waals surface area contributed by atoms with Crippen LogP contribution in [0.5, 0.6) is 0 Å². The van der Waals surface area contributed by atoms with E-state index in [0.717, 1.165) is 57.9 Å². The second kappa shape index (κ2) is 8.58. The normalized spacial score (nSPS) is 22.5. The molecule has 0 bridgehead atoms. The molecule has 2 aliphatic heterocycles. The molecule has 0 spiro atoms. The Bertz CT molecular complexity index is 529. The molecule has 1 atom stereocenters. The zero-order chi connectivity index (χ0) is 16.8. The van der Waals surface area contributed by atoms with Crippen LogP contribution in [0.25, 0.3) is 0 Å². The first-order chi connectivity index (χ1) is 11.7. The van der Waals surface area contributed by atoms with Crippen molar-refractivity contribution in [3.05, 3.63) is 35.6 Å². The van der Waals surface area contributed by atoms with Gasteiger partial charge in [-0.3, -0.25) is 9.69 Å². The van der Waals surface area contributed by atoms with Gasteiger partial charge in [0.1, 0.15) is 5.82 Å². The Morgan fingerprint density at radius 1 is 1.17 bits per heavy atom. The summed E-state index contributed by atoms with van der Waals surface area (Å²) in [7, 11) is 0. The van der Waals surface area contributed by atoms with E-state index in [-0.39, 0.29) is 11.7 Å². The van der Waals surface area contributed by atoms with Crippen LogP contribution in [0.3, 0.4) is 0 Å². The Morgan fingerprint density at radius 3 is 2.67 bits per heavy atom. The SMILES string of the molecule is O=C(CCc1ccc(F)cc1)N1CCCC(CN2CCOCC2)C1. The van der Waals surface area contributed by atoms with Gasteiger partial charge in [-0.15, -0.1) is 0 Å². The van der Waals surface area contributed by atoms with E-state index < -0.39 is 0 Å². The number of aryl methyl sites for hydroxylation is 1. The van der Waals surface area contributed by atoms with Crippen molar-refractivity contribution in [2.45, 2.75) is 25.7 Å². The number of morpholine rings is 1. The minimum Gasteiger partial charge on any atom is -0.379 e. The smallest absolute Gasteiger partial charge is 0.222 e. The number of rotatable bonds is 5. The van der Waals surface area contributed by atoms with Gasteiger partial charge in [0.25, 0.3) is 0 Å². The quantitative estimate of drug-likeness (QED) is 0.828. The van der Waals surface area contributed by atoms with Gasteiger partial charge in [-0.1, -0.05) is 12.1 Å².